The van der Waals surface area contributed by atoms with Gasteiger partial charge in [-0.3, -0.25) is 4.90 Å². The van der Waals surface area contributed by atoms with Crippen LogP contribution in [-0.4, -0.2) is 50.1 Å². The summed E-state index contributed by atoms with van der Waals surface area (Å²) < 4.78 is 5.61. The average molecular weight is 251 g/mol. The van der Waals surface area contributed by atoms with Gasteiger partial charge >= 0.3 is 0 Å². The summed E-state index contributed by atoms with van der Waals surface area (Å²) in [6.45, 7) is 4.18. The quantitative estimate of drug-likeness (QED) is 0.860. The zero-order valence-corrected chi connectivity index (χ0v) is 11.8. The lowest BCUT2D eigenvalue weighted by Crippen LogP contribution is -2.44. The number of hydrogen-bond acceptors (Lipinski definition) is 4. The van der Waals surface area contributed by atoms with E-state index < -0.39 is 0 Å². The van der Waals surface area contributed by atoms with Crippen LogP contribution in [0.1, 0.15) is 24.2 Å². The van der Waals surface area contributed by atoms with E-state index in [1.165, 1.54) is 31.5 Å². The van der Waals surface area contributed by atoms with Gasteiger partial charge in [-0.1, -0.05) is 0 Å². The van der Waals surface area contributed by atoms with E-state index in [-0.39, 0.29) is 0 Å². The van der Waals surface area contributed by atoms with E-state index in [4.69, 9.17) is 4.42 Å². The van der Waals surface area contributed by atoms with Crippen LogP contribution < -0.4 is 5.32 Å². The Kier molecular flexibility index (Phi) is 4.80. The number of nitrogens with zero attached hydrogens (tertiary/aromatic N) is 2. The molecule has 1 N–H and O–H groups in total. The number of piperidine rings is 1. The summed E-state index contributed by atoms with van der Waals surface area (Å²) in [7, 11) is 6.38. The van der Waals surface area contributed by atoms with Crippen LogP contribution in [0.4, 0.5) is 0 Å². The number of rotatable bonds is 5. The van der Waals surface area contributed by atoms with Gasteiger partial charge in [0.15, 0.2) is 0 Å². The Balaban J connectivity index is 1.93. The molecule has 0 spiro atoms. The molecule has 4 nitrogen and oxygen atoms in total. The molecule has 1 saturated heterocycles. The third-order valence-electron chi connectivity index (χ3n) is 3.82. The first-order valence-electron chi connectivity index (χ1n) is 6.79. The molecule has 0 radical (unpaired) electrons. The highest BCUT2D eigenvalue weighted by Crippen LogP contribution is 2.18. The number of likely N-dealkylation sites (N-methyl/N-ethyl adjacent to an activating group) is 2. The Hall–Kier alpha value is -0.840. The second kappa shape index (κ2) is 6.36. The Morgan fingerprint density at radius 1 is 1.56 bits per heavy atom. The highest BCUT2D eigenvalue weighted by atomic mass is 16.3. The Morgan fingerprint density at radius 3 is 3.11 bits per heavy atom. The summed E-state index contributed by atoms with van der Waals surface area (Å²) in [5.74, 6) is 1.10. The topological polar surface area (TPSA) is 31.7 Å². The minimum atomic E-state index is 0.649. The first-order valence-corrected chi connectivity index (χ1v) is 6.79. The fraction of sp³-hybridized carbons (Fsp3) is 0.714. The molecule has 102 valence electrons. The Labute approximate surface area is 110 Å². The Morgan fingerprint density at radius 2 is 2.39 bits per heavy atom. The van der Waals surface area contributed by atoms with Gasteiger partial charge in [-0.2, -0.15) is 0 Å². The molecule has 0 bridgehead atoms. The van der Waals surface area contributed by atoms with Crippen molar-refractivity contribution in [3.63, 3.8) is 0 Å². The zero-order valence-electron chi connectivity index (χ0n) is 11.8. The summed E-state index contributed by atoms with van der Waals surface area (Å²) in [5.41, 5.74) is 1.27. The smallest absolute Gasteiger partial charge is 0.122 e. The minimum Gasteiger partial charge on any atom is -0.468 e. The van der Waals surface area contributed by atoms with Crippen molar-refractivity contribution >= 4 is 0 Å². The lowest BCUT2D eigenvalue weighted by molar-refractivity contribution is 0.123. The van der Waals surface area contributed by atoms with Crippen molar-refractivity contribution in [1.82, 2.24) is 15.1 Å². The molecule has 0 aromatic carbocycles. The summed E-state index contributed by atoms with van der Waals surface area (Å²) in [6.07, 6.45) is 4.39. The van der Waals surface area contributed by atoms with Gasteiger partial charge in [0.2, 0.25) is 0 Å². The van der Waals surface area contributed by atoms with Crippen molar-refractivity contribution in [2.45, 2.75) is 32.0 Å². The molecule has 1 aromatic heterocycles. The van der Waals surface area contributed by atoms with Crippen LogP contribution in [0.2, 0.25) is 0 Å². The van der Waals surface area contributed by atoms with Gasteiger partial charge in [0.25, 0.3) is 0 Å². The van der Waals surface area contributed by atoms with E-state index >= 15 is 0 Å². The van der Waals surface area contributed by atoms with Gasteiger partial charge in [-0.25, -0.2) is 0 Å². The highest BCUT2D eigenvalue weighted by molar-refractivity contribution is 5.16. The molecule has 1 atom stereocenters. The van der Waals surface area contributed by atoms with Gasteiger partial charge in [0, 0.05) is 24.7 Å². The molecule has 0 saturated carbocycles. The maximum absolute atomic E-state index is 5.61. The van der Waals surface area contributed by atoms with Crippen LogP contribution in [0.5, 0.6) is 0 Å². The van der Waals surface area contributed by atoms with E-state index in [2.05, 4.69) is 35.3 Å². The van der Waals surface area contributed by atoms with E-state index in [1.807, 2.05) is 7.05 Å². The normalized spacial score (nSPS) is 21.7. The molecule has 0 aliphatic carbocycles. The predicted octanol–water partition coefficient (Wildman–Crippen LogP) is 1.52. The van der Waals surface area contributed by atoms with Crippen molar-refractivity contribution in [1.29, 1.82) is 0 Å². The molecule has 1 aromatic rings. The van der Waals surface area contributed by atoms with Crippen LogP contribution in [0, 0.1) is 0 Å². The molecular weight excluding hydrogens is 226 g/mol. The molecule has 0 amide bonds. The molecule has 1 fully saturated rings. The van der Waals surface area contributed by atoms with Gasteiger partial charge in [-0.05, 0) is 46.6 Å². The number of nitrogens with one attached hydrogen (secondary N) is 1. The second-order valence-corrected chi connectivity index (χ2v) is 5.37. The van der Waals surface area contributed by atoms with Crippen molar-refractivity contribution in [2.24, 2.45) is 0 Å². The van der Waals surface area contributed by atoms with Crippen molar-refractivity contribution in [2.75, 3.05) is 34.2 Å². The number of hydrogen-bond donors (Lipinski definition) is 1. The van der Waals surface area contributed by atoms with Gasteiger partial charge in [-0.15, -0.1) is 0 Å². The molecule has 4 heteroatoms. The van der Waals surface area contributed by atoms with Crippen LogP contribution in [0.3, 0.4) is 0 Å². The zero-order chi connectivity index (χ0) is 13.0. The first-order chi connectivity index (χ1) is 8.70. The molecule has 1 unspecified atom stereocenters. The van der Waals surface area contributed by atoms with Crippen molar-refractivity contribution in [3.8, 4) is 0 Å². The fourth-order valence-corrected chi connectivity index (χ4v) is 2.71. The van der Waals surface area contributed by atoms with Crippen LogP contribution in [0.15, 0.2) is 16.7 Å². The maximum atomic E-state index is 5.61. The molecule has 1 aliphatic rings. The second-order valence-electron chi connectivity index (χ2n) is 5.37. The van der Waals surface area contributed by atoms with Crippen LogP contribution >= 0.6 is 0 Å². The molecular formula is C14H25N3O. The summed E-state index contributed by atoms with van der Waals surface area (Å²) in [6, 6.07) is 2.71. The van der Waals surface area contributed by atoms with E-state index in [0.717, 1.165) is 18.8 Å². The number of furan rings is 1. The molecule has 1 aliphatic heterocycles. The lowest BCUT2D eigenvalue weighted by Gasteiger charge is -2.35. The standard InChI is InChI=1S/C14H25N3O/c1-15-9-12-6-8-18-14(12)11-17(3)13-5-4-7-16(2)10-13/h6,8,13,15H,4-5,7,9-11H2,1-3H3. The Bertz CT molecular complexity index is 364. The SMILES string of the molecule is CNCc1ccoc1CN(C)C1CCCN(C)C1. The third kappa shape index (κ3) is 3.34. The molecule has 18 heavy (non-hydrogen) atoms. The van der Waals surface area contributed by atoms with Crippen LogP contribution in [0.25, 0.3) is 0 Å². The maximum Gasteiger partial charge on any atom is 0.122 e. The van der Waals surface area contributed by atoms with E-state index in [0.29, 0.717) is 6.04 Å². The van der Waals surface area contributed by atoms with Crippen molar-refractivity contribution < 1.29 is 4.42 Å². The average Bonchev–Trinajstić information content (AvgIpc) is 2.77. The lowest BCUT2D eigenvalue weighted by atomic mass is 10.0. The summed E-state index contributed by atoms with van der Waals surface area (Å²) in [5, 5.41) is 3.18. The monoisotopic (exact) mass is 251 g/mol. The summed E-state index contributed by atoms with van der Waals surface area (Å²) >= 11 is 0. The largest absolute Gasteiger partial charge is 0.468 e. The summed E-state index contributed by atoms with van der Waals surface area (Å²) in [4.78, 5) is 4.84. The highest BCUT2D eigenvalue weighted by Gasteiger charge is 2.22. The van der Waals surface area contributed by atoms with Crippen molar-refractivity contribution in [3.05, 3.63) is 23.7 Å². The van der Waals surface area contributed by atoms with Gasteiger partial charge in [0.1, 0.15) is 5.76 Å². The van der Waals surface area contributed by atoms with Gasteiger partial charge in [0.05, 0.1) is 12.8 Å². The molecule has 2 heterocycles. The number of likely N-dealkylation sites (tertiary alicyclic amines) is 1. The first kappa shape index (κ1) is 13.6. The van der Waals surface area contributed by atoms with E-state index in [1.54, 1.807) is 6.26 Å². The third-order valence-corrected chi connectivity index (χ3v) is 3.82. The van der Waals surface area contributed by atoms with Crippen LogP contribution in [-0.2, 0) is 13.1 Å². The van der Waals surface area contributed by atoms with E-state index in [9.17, 15) is 0 Å². The molecule has 2 rings (SSSR count). The minimum absolute atomic E-state index is 0.649. The van der Waals surface area contributed by atoms with Gasteiger partial charge < -0.3 is 14.6 Å². The predicted molar refractivity (Wildman–Crippen MR) is 73.5 cm³/mol. The fourth-order valence-electron chi connectivity index (χ4n) is 2.71.